The van der Waals surface area contributed by atoms with Crippen LogP contribution in [0.2, 0.25) is 0 Å². The van der Waals surface area contributed by atoms with Gasteiger partial charge in [0.1, 0.15) is 0 Å². The summed E-state index contributed by atoms with van der Waals surface area (Å²) in [5, 5.41) is 9.04. The predicted octanol–water partition coefficient (Wildman–Crippen LogP) is 4.16. The highest BCUT2D eigenvalue weighted by Gasteiger charge is 2.21. The van der Waals surface area contributed by atoms with Crippen molar-refractivity contribution < 1.29 is 0 Å². The van der Waals surface area contributed by atoms with Gasteiger partial charge in [0.05, 0.1) is 12.0 Å². The first-order valence-corrected chi connectivity index (χ1v) is 6.18. The third-order valence-electron chi connectivity index (χ3n) is 2.65. The van der Waals surface area contributed by atoms with Gasteiger partial charge in [-0.1, -0.05) is 31.9 Å². The van der Waals surface area contributed by atoms with Gasteiger partial charge in [-0.15, -0.1) is 0 Å². The van der Waals surface area contributed by atoms with Gasteiger partial charge in [0.15, 0.2) is 0 Å². The quantitative estimate of drug-likeness (QED) is 0.705. The van der Waals surface area contributed by atoms with Crippen LogP contribution in [0.4, 0.5) is 0 Å². The fourth-order valence-electron chi connectivity index (χ4n) is 1.97. The zero-order valence-corrected chi connectivity index (χ0v) is 10.7. The second-order valence-electron chi connectivity index (χ2n) is 3.53. The van der Waals surface area contributed by atoms with Gasteiger partial charge in [0.2, 0.25) is 0 Å². The number of hydrogen-bond donors (Lipinski definition) is 0. The predicted molar refractivity (Wildman–Crippen MR) is 63.1 cm³/mol. The van der Waals surface area contributed by atoms with Gasteiger partial charge < -0.3 is 0 Å². The van der Waals surface area contributed by atoms with Crippen molar-refractivity contribution in [3.05, 3.63) is 32.2 Å². The number of fused-ring (bicyclic) bond motifs is 1. The fourth-order valence-corrected chi connectivity index (χ4v) is 3.43. The maximum atomic E-state index is 9.04. The maximum absolute atomic E-state index is 9.04. The molecule has 0 saturated carbocycles. The lowest BCUT2D eigenvalue weighted by Crippen LogP contribution is -2.08. The van der Waals surface area contributed by atoms with Crippen molar-refractivity contribution in [2.24, 2.45) is 0 Å². The first-order valence-electron chi connectivity index (χ1n) is 4.60. The molecule has 1 atom stereocenters. The van der Waals surface area contributed by atoms with Crippen LogP contribution in [0.3, 0.4) is 0 Å². The molecule has 1 nitrogen and oxygen atoms in total. The minimum Gasteiger partial charge on any atom is -0.198 e. The smallest absolute Gasteiger partial charge is 0.0716 e. The third-order valence-corrected chi connectivity index (χ3v) is 3.81. The summed E-state index contributed by atoms with van der Waals surface area (Å²) in [6.45, 7) is 0. The van der Waals surface area contributed by atoms with Gasteiger partial charge in [-0.05, 0) is 42.5 Å². The maximum Gasteiger partial charge on any atom is 0.0716 e. The molecule has 2 rings (SSSR count). The Kier molecular flexibility index (Phi) is 2.94. The van der Waals surface area contributed by atoms with Crippen LogP contribution in [0.15, 0.2) is 21.1 Å². The summed E-state index contributed by atoms with van der Waals surface area (Å²) in [6, 6.07) is 6.50. The van der Waals surface area contributed by atoms with E-state index < -0.39 is 0 Å². The molecule has 0 amide bonds. The van der Waals surface area contributed by atoms with E-state index in [1.165, 1.54) is 11.1 Å². The van der Waals surface area contributed by atoms with Crippen molar-refractivity contribution in [2.75, 3.05) is 0 Å². The Balaban J connectivity index is 2.58. The Bertz CT molecular complexity index is 406. The zero-order chi connectivity index (χ0) is 10.1. The number of rotatable bonds is 0. The summed E-state index contributed by atoms with van der Waals surface area (Å²) >= 11 is 7.01. The Hall–Kier alpha value is -0.330. The molecule has 1 aromatic carbocycles. The summed E-state index contributed by atoms with van der Waals surface area (Å²) in [4.78, 5) is 0. The normalized spacial score (nSPS) is 19.9. The van der Waals surface area contributed by atoms with Gasteiger partial charge in [-0.3, -0.25) is 0 Å². The first-order chi connectivity index (χ1) is 6.72. The van der Waals surface area contributed by atoms with E-state index in [0.717, 1.165) is 28.2 Å². The van der Waals surface area contributed by atoms with Crippen LogP contribution in [0.1, 0.15) is 29.9 Å². The molecule has 72 valence electrons. The molecule has 0 bridgehead atoms. The molecule has 0 aliphatic heterocycles. The van der Waals surface area contributed by atoms with E-state index in [4.69, 9.17) is 5.26 Å². The number of nitrogens with zero attached hydrogens (tertiary/aromatic N) is 1. The topological polar surface area (TPSA) is 23.8 Å². The van der Waals surface area contributed by atoms with E-state index in [0.29, 0.717) is 0 Å². The van der Waals surface area contributed by atoms with Crippen LogP contribution in [0, 0.1) is 11.3 Å². The minimum atomic E-state index is 0.0764. The number of benzene rings is 1. The molecular weight excluding hydrogens is 306 g/mol. The van der Waals surface area contributed by atoms with Crippen molar-refractivity contribution in [1.82, 2.24) is 0 Å². The largest absolute Gasteiger partial charge is 0.198 e. The van der Waals surface area contributed by atoms with Crippen molar-refractivity contribution in [2.45, 2.75) is 25.2 Å². The molecular formula is C11H9Br2N. The van der Waals surface area contributed by atoms with Crippen LogP contribution < -0.4 is 0 Å². The monoisotopic (exact) mass is 313 g/mol. The standard InChI is InChI=1S/C11H9Br2N/c12-8-4-10-7(6-14)2-1-3-9(10)11(13)5-8/h4-5,7H,1-3H2. The Morgan fingerprint density at radius 1 is 1.36 bits per heavy atom. The van der Waals surface area contributed by atoms with Gasteiger partial charge in [-0.25, -0.2) is 0 Å². The molecule has 1 unspecified atom stereocenters. The minimum absolute atomic E-state index is 0.0764. The molecule has 0 fully saturated rings. The summed E-state index contributed by atoms with van der Waals surface area (Å²) < 4.78 is 2.17. The SMILES string of the molecule is N#CC1CCCc2c(Br)cc(Br)cc21. The van der Waals surface area contributed by atoms with E-state index in [9.17, 15) is 0 Å². The third kappa shape index (κ3) is 1.74. The zero-order valence-electron chi connectivity index (χ0n) is 7.56. The summed E-state index contributed by atoms with van der Waals surface area (Å²) in [7, 11) is 0. The van der Waals surface area contributed by atoms with E-state index >= 15 is 0 Å². The molecule has 1 aliphatic carbocycles. The van der Waals surface area contributed by atoms with Gasteiger partial charge >= 0.3 is 0 Å². The van der Waals surface area contributed by atoms with Gasteiger partial charge in [0, 0.05) is 8.95 Å². The molecule has 0 N–H and O–H groups in total. The number of nitriles is 1. The highest BCUT2D eigenvalue weighted by Crippen LogP contribution is 2.37. The fraction of sp³-hybridized carbons (Fsp3) is 0.364. The summed E-state index contributed by atoms with van der Waals surface area (Å²) in [6.07, 6.45) is 3.19. The van der Waals surface area contributed by atoms with Crippen molar-refractivity contribution in [3.8, 4) is 6.07 Å². The van der Waals surface area contributed by atoms with E-state index in [1.807, 2.05) is 0 Å². The Morgan fingerprint density at radius 2 is 2.14 bits per heavy atom. The Morgan fingerprint density at radius 3 is 2.86 bits per heavy atom. The number of halogens is 2. The molecule has 0 radical (unpaired) electrons. The highest BCUT2D eigenvalue weighted by molar-refractivity contribution is 9.11. The number of hydrogen-bond acceptors (Lipinski definition) is 1. The van der Waals surface area contributed by atoms with E-state index in [2.05, 4.69) is 50.1 Å². The Labute approximate surface area is 100 Å². The van der Waals surface area contributed by atoms with E-state index in [1.54, 1.807) is 0 Å². The van der Waals surface area contributed by atoms with E-state index in [-0.39, 0.29) is 5.92 Å². The first kappa shape index (κ1) is 10.2. The highest BCUT2D eigenvalue weighted by atomic mass is 79.9. The lowest BCUT2D eigenvalue weighted by molar-refractivity contribution is 0.634. The van der Waals surface area contributed by atoms with Gasteiger partial charge in [-0.2, -0.15) is 5.26 Å². The van der Waals surface area contributed by atoms with Crippen molar-refractivity contribution >= 4 is 31.9 Å². The molecule has 0 saturated heterocycles. The second kappa shape index (κ2) is 4.04. The molecule has 0 heterocycles. The molecule has 3 heteroatoms. The molecule has 14 heavy (non-hydrogen) atoms. The van der Waals surface area contributed by atoms with Gasteiger partial charge in [0.25, 0.3) is 0 Å². The van der Waals surface area contributed by atoms with Crippen molar-refractivity contribution in [1.29, 1.82) is 5.26 Å². The molecule has 0 spiro atoms. The van der Waals surface area contributed by atoms with Crippen LogP contribution >= 0.6 is 31.9 Å². The molecule has 1 aromatic rings. The molecule has 1 aliphatic rings. The average Bonchev–Trinajstić information content (AvgIpc) is 2.17. The summed E-state index contributed by atoms with van der Waals surface area (Å²) in [5.74, 6) is 0.0764. The second-order valence-corrected chi connectivity index (χ2v) is 5.30. The lowest BCUT2D eigenvalue weighted by atomic mass is 9.84. The summed E-state index contributed by atoms with van der Waals surface area (Å²) in [5.41, 5.74) is 2.51. The average molecular weight is 315 g/mol. The van der Waals surface area contributed by atoms with Crippen LogP contribution in [-0.2, 0) is 6.42 Å². The lowest BCUT2D eigenvalue weighted by Gasteiger charge is -2.21. The van der Waals surface area contributed by atoms with Crippen LogP contribution in [-0.4, -0.2) is 0 Å². The van der Waals surface area contributed by atoms with Crippen LogP contribution in [0.25, 0.3) is 0 Å². The molecule has 0 aromatic heterocycles. The van der Waals surface area contributed by atoms with Crippen molar-refractivity contribution in [3.63, 3.8) is 0 Å². The van der Waals surface area contributed by atoms with Crippen LogP contribution in [0.5, 0.6) is 0 Å².